The highest BCUT2D eigenvalue weighted by Gasteiger charge is 2.40. The molecule has 1 amide bonds. The number of likely N-dealkylation sites (tertiary alicyclic amines) is 1. The van der Waals surface area contributed by atoms with Crippen LogP contribution in [0.1, 0.15) is 12.8 Å². The minimum absolute atomic E-state index is 0.454. The van der Waals surface area contributed by atoms with Crippen molar-refractivity contribution in [3.63, 3.8) is 0 Å². The summed E-state index contributed by atoms with van der Waals surface area (Å²) in [6.07, 6.45) is 2.42. The van der Waals surface area contributed by atoms with Gasteiger partial charge in [-0.25, -0.2) is 0 Å². The third-order valence-corrected chi connectivity index (χ3v) is 3.71. The van der Waals surface area contributed by atoms with Gasteiger partial charge in [-0.3, -0.25) is 14.3 Å². The van der Waals surface area contributed by atoms with E-state index in [-0.39, 0.29) is 0 Å². The molecule has 0 saturated carbocycles. The first-order chi connectivity index (χ1) is 6.88. The zero-order chi connectivity index (χ0) is 11.6. The van der Waals surface area contributed by atoms with E-state index in [1.54, 1.807) is 0 Å². The van der Waals surface area contributed by atoms with Gasteiger partial charge in [0.15, 0.2) is 0 Å². The first kappa shape index (κ1) is 12.4. The molecule has 86 valence electrons. The predicted molar refractivity (Wildman–Crippen MR) is 55.0 cm³/mol. The molecule has 0 radical (unpaired) electrons. The summed E-state index contributed by atoms with van der Waals surface area (Å²) in [5.41, 5.74) is 5.16. The molecule has 4 N–H and O–H groups in total. The Bertz CT molecular complexity index is 314. The highest BCUT2D eigenvalue weighted by atomic mass is 31.2. The lowest BCUT2D eigenvalue weighted by atomic mass is 10.2. The second-order valence-corrected chi connectivity index (χ2v) is 5.24. The first-order valence-corrected chi connectivity index (χ1v) is 6.29. The van der Waals surface area contributed by atoms with Gasteiger partial charge in [-0.2, -0.15) is 0 Å². The molecule has 1 saturated heterocycles. The van der Waals surface area contributed by atoms with Crippen LogP contribution in [0.2, 0.25) is 0 Å². The number of amides is 1. The maximum absolute atomic E-state index is 11.1. The second-order valence-electron chi connectivity index (χ2n) is 3.54. The van der Waals surface area contributed by atoms with Gasteiger partial charge < -0.3 is 15.5 Å². The van der Waals surface area contributed by atoms with Crippen molar-refractivity contribution in [3.05, 3.63) is 12.7 Å². The molecule has 6 nitrogen and oxygen atoms in total. The zero-order valence-electron chi connectivity index (χ0n) is 8.24. The monoisotopic (exact) mass is 234 g/mol. The fraction of sp³-hybridized carbons (Fsp3) is 0.625. The molecule has 7 heteroatoms. The van der Waals surface area contributed by atoms with Crippen LogP contribution in [0.25, 0.3) is 0 Å². The Morgan fingerprint density at radius 3 is 2.67 bits per heavy atom. The van der Waals surface area contributed by atoms with E-state index in [4.69, 9.17) is 15.5 Å². The number of carbonyl (C=O) groups excluding carboxylic acids is 1. The number of rotatable bonds is 4. The third-order valence-electron chi connectivity index (χ3n) is 2.52. The van der Waals surface area contributed by atoms with Crippen molar-refractivity contribution in [2.75, 3.05) is 6.54 Å². The van der Waals surface area contributed by atoms with Crippen LogP contribution >= 0.6 is 7.60 Å². The van der Waals surface area contributed by atoms with Crippen molar-refractivity contribution in [2.24, 2.45) is 5.73 Å². The Hall–Kier alpha value is -0.680. The van der Waals surface area contributed by atoms with Gasteiger partial charge in [0.05, 0.1) is 6.04 Å². The van der Waals surface area contributed by atoms with Gasteiger partial charge in [0.1, 0.15) is 5.78 Å². The van der Waals surface area contributed by atoms with Crippen LogP contribution in [0, 0.1) is 0 Å². The van der Waals surface area contributed by atoms with Crippen molar-refractivity contribution < 1.29 is 19.1 Å². The Kier molecular flexibility index (Phi) is 3.67. The number of nitrogens with zero attached hydrogens (tertiary/aromatic N) is 1. The molecule has 0 aromatic carbocycles. The van der Waals surface area contributed by atoms with E-state index in [1.165, 1.54) is 11.0 Å². The maximum atomic E-state index is 11.1. The minimum Gasteiger partial charge on any atom is -0.368 e. The van der Waals surface area contributed by atoms with E-state index in [1.807, 2.05) is 0 Å². The second kappa shape index (κ2) is 4.45. The van der Waals surface area contributed by atoms with Gasteiger partial charge in [-0.1, -0.05) is 6.08 Å². The molecule has 0 aromatic rings. The molecule has 1 unspecified atom stereocenters. The summed E-state index contributed by atoms with van der Waals surface area (Å²) in [4.78, 5) is 30.6. The van der Waals surface area contributed by atoms with Crippen LogP contribution < -0.4 is 5.73 Å². The quantitative estimate of drug-likeness (QED) is 0.454. The lowest BCUT2D eigenvalue weighted by Crippen LogP contribution is -2.45. The maximum Gasteiger partial charge on any atom is 0.346 e. The van der Waals surface area contributed by atoms with Crippen LogP contribution in [0.5, 0.6) is 0 Å². The standard InChI is InChI=1S/C8H15N2O4P/c1-2-7(15(12,13)14)10-5-3-4-6(10)8(9)11/h2,6-7H,1,3-5H2,(H2,9,11)(H2,12,13,14)/t6-,7?/m0/s1. The van der Waals surface area contributed by atoms with Crippen molar-refractivity contribution in [1.82, 2.24) is 4.90 Å². The van der Waals surface area contributed by atoms with Crippen molar-refractivity contribution in [3.8, 4) is 0 Å². The van der Waals surface area contributed by atoms with Crippen LogP contribution in [0.3, 0.4) is 0 Å². The summed E-state index contributed by atoms with van der Waals surface area (Å²) < 4.78 is 11.1. The van der Waals surface area contributed by atoms with Gasteiger partial charge in [-0.05, 0) is 12.8 Å². The molecule has 0 spiro atoms. The zero-order valence-corrected chi connectivity index (χ0v) is 9.14. The molecule has 1 rings (SSSR count). The van der Waals surface area contributed by atoms with Crippen LogP contribution in [0.15, 0.2) is 12.7 Å². The lowest BCUT2D eigenvalue weighted by Gasteiger charge is -2.29. The van der Waals surface area contributed by atoms with Crippen molar-refractivity contribution in [2.45, 2.75) is 24.7 Å². The summed E-state index contributed by atoms with van der Waals surface area (Å²) in [5, 5.41) is 0. The first-order valence-electron chi connectivity index (χ1n) is 4.60. The van der Waals surface area contributed by atoms with Crippen molar-refractivity contribution >= 4 is 13.5 Å². The van der Waals surface area contributed by atoms with E-state index in [0.717, 1.165) is 0 Å². The highest BCUT2D eigenvalue weighted by Crippen LogP contribution is 2.45. The van der Waals surface area contributed by atoms with Crippen molar-refractivity contribution in [1.29, 1.82) is 0 Å². The molecule has 1 aliphatic heterocycles. The molecule has 1 heterocycles. The third kappa shape index (κ3) is 2.66. The molecule has 2 atom stereocenters. The lowest BCUT2D eigenvalue weighted by molar-refractivity contribution is -0.122. The molecule has 0 bridgehead atoms. The summed E-state index contributed by atoms with van der Waals surface area (Å²) >= 11 is 0. The number of hydrogen-bond acceptors (Lipinski definition) is 3. The Morgan fingerprint density at radius 1 is 1.67 bits per heavy atom. The fourth-order valence-corrected chi connectivity index (χ4v) is 2.81. The van der Waals surface area contributed by atoms with Gasteiger partial charge in [0.2, 0.25) is 5.91 Å². The van der Waals surface area contributed by atoms with Crippen LogP contribution in [-0.2, 0) is 9.36 Å². The summed E-state index contributed by atoms with van der Waals surface area (Å²) in [6, 6.07) is -0.597. The molecule has 0 aliphatic carbocycles. The van der Waals surface area contributed by atoms with Gasteiger partial charge in [0.25, 0.3) is 0 Å². The predicted octanol–water partition coefficient (Wildman–Crippen LogP) is -0.374. The SMILES string of the molecule is C=CC(N1CCC[C@H]1C(N)=O)P(=O)(O)O. The Morgan fingerprint density at radius 2 is 2.27 bits per heavy atom. The normalized spacial score (nSPS) is 25.1. The highest BCUT2D eigenvalue weighted by molar-refractivity contribution is 7.52. The van der Waals surface area contributed by atoms with E-state index in [0.29, 0.717) is 19.4 Å². The number of nitrogens with two attached hydrogens (primary N) is 1. The van der Waals surface area contributed by atoms with E-state index >= 15 is 0 Å². The smallest absolute Gasteiger partial charge is 0.346 e. The summed E-state index contributed by atoms with van der Waals surface area (Å²) in [5.74, 6) is -1.66. The molecular weight excluding hydrogens is 219 g/mol. The molecular formula is C8H15N2O4P. The van der Waals surface area contributed by atoms with E-state index in [2.05, 4.69) is 6.58 Å². The number of carbonyl (C=O) groups is 1. The minimum atomic E-state index is -4.30. The summed E-state index contributed by atoms with van der Waals surface area (Å²) in [7, 11) is -4.30. The molecule has 1 aliphatic rings. The van der Waals surface area contributed by atoms with E-state index in [9.17, 15) is 9.36 Å². The fourth-order valence-electron chi connectivity index (χ4n) is 1.88. The van der Waals surface area contributed by atoms with Gasteiger partial charge in [0, 0.05) is 6.54 Å². The largest absolute Gasteiger partial charge is 0.368 e. The summed E-state index contributed by atoms with van der Waals surface area (Å²) in [6.45, 7) is 3.83. The topological polar surface area (TPSA) is 104 Å². The van der Waals surface area contributed by atoms with Gasteiger partial charge in [-0.15, -0.1) is 6.58 Å². The Labute approximate surface area is 87.9 Å². The molecule has 1 fully saturated rings. The van der Waals surface area contributed by atoms with E-state index < -0.39 is 25.3 Å². The van der Waals surface area contributed by atoms with Gasteiger partial charge >= 0.3 is 7.60 Å². The average Bonchev–Trinajstić information content (AvgIpc) is 2.51. The number of primary amides is 1. The number of hydrogen-bond donors (Lipinski definition) is 3. The Balaban J connectivity index is 2.89. The molecule has 0 aromatic heterocycles. The van der Waals surface area contributed by atoms with Crippen LogP contribution in [-0.4, -0.2) is 39.0 Å². The average molecular weight is 234 g/mol. The molecule has 15 heavy (non-hydrogen) atoms. The van der Waals surface area contributed by atoms with Crippen LogP contribution in [0.4, 0.5) is 0 Å².